The molecule has 1 fully saturated rings. The number of piperidine rings is 1. The number of rotatable bonds is 5. The van der Waals surface area contributed by atoms with Crippen LogP contribution in [0.4, 0.5) is 4.39 Å². The molecule has 1 saturated heterocycles. The molecular formula is C20H19FN2O4S2. The number of benzene rings is 2. The van der Waals surface area contributed by atoms with Gasteiger partial charge < -0.3 is 4.74 Å². The van der Waals surface area contributed by atoms with Crippen LogP contribution in [0.5, 0.6) is 0 Å². The monoisotopic (exact) mass is 434 g/mol. The highest BCUT2D eigenvalue weighted by Gasteiger charge is 2.29. The van der Waals surface area contributed by atoms with E-state index >= 15 is 0 Å². The molecule has 0 spiro atoms. The van der Waals surface area contributed by atoms with Crippen LogP contribution < -0.4 is 0 Å². The molecule has 3 aromatic rings. The van der Waals surface area contributed by atoms with Crippen molar-refractivity contribution in [3.8, 4) is 0 Å². The van der Waals surface area contributed by atoms with Crippen molar-refractivity contribution in [3.05, 3.63) is 58.9 Å². The van der Waals surface area contributed by atoms with E-state index in [4.69, 9.17) is 4.74 Å². The molecule has 152 valence electrons. The Morgan fingerprint density at radius 2 is 1.90 bits per heavy atom. The smallest absolute Gasteiger partial charge is 0.338 e. The molecule has 4 rings (SSSR count). The standard InChI is InChI=1S/C20H19FN2O4S2/c21-15-9-8-14(12-18(15)29(25,26)23-10-4-1-5-11-23)20(24)27-13-19-22-16-6-2-3-7-17(16)28-19/h2-3,6-9,12H,1,4-5,10-11,13H2. The molecule has 1 aromatic heterocycles. The number of halogens is 1. The van der Waals surface area contributed by atoms with Gasteiger partial charge in [-0.1, -0.05) is 18.6 Å². The average molecular weight is 435 g/mol. The summed E-state index contributed by atoms with van der Waals surface area (Å²) in [5, 5.41) is 0.628. The summed E-state index contributed by atoms with van der Waals surface area (Å²) in [6.07, 6.45) is 2.43. The quantitative estimate of drug-likeness (QED) is 0.568. The van der Waals surface area contributed by atoms with Gasteiger partial charge in [0.15, 0.2) is 0 Å². The highest BCUT2D eigenvalue weighted by molar-refractivity contribution is 7.89. The lowest BCUT2D eigenvalue weighted by Crippen LogP contribution is -2.36. The first-order valence-corrected chi connectivity index (χ1v) is 11.5. The van der Waals surface area contributed by atoms with Gasteiger partial charge in [0.1, 0.15) is 22.3 Å². The summed E-state index contributed by atoms with van der Waals surface area (Å²) in [5.41, 5.74) is 0.809. The maximum absolute atomic E-state index is 14.3. The van der Waals surface area contributed by atoms with Gasteiger partial charge >= 0.3 is 5.97 Å². The molecule has 0 aliphatic carbocycles. The lowest BCUT2D eigenvalue weighted by molar-refractivity contribution is 0.0472. The van der Waals surface area contributed by atoms with Crippen molar-refractivity contribution in [3.63, 3.8) is 0 Å². The summed E-state index contributed by atoms with van der Waals surface area (Å²) < 4.78 is 47.4. The van der Waals surface area contributed by atoms with Gasteiger partial charge in [0.05, 0.1) is 15.8 Å². The number of hydrogen-bond acceptors (Lipinski definition) is 6. The zero-order chi connectivity index (χ0) is 20.4. The SMILES string of the molecule is O=C(OCc1nc2ccccc2s1)c1ccc(F)c(S(=O)(=O)N2CCCCC2)c1. The minimum Gasteiger partial charge on any atom is -0.455 e. The number of para-hydroxylation sites is 1. The summed E-state index contributed by atoms with van der Waals surface area (Å²) in [4.78, 5) is 16.3. The number of thiazole rings is 1. The maximum Gasteiger partial charge on any atom is 0.338 e. The van der Waals surface area contributed by atoms with E-state index in [1.807, 2.05) is 24.3 Å². The molecule has 29 heavy (non-hydrogen) atoms. The summed E-state index contributed by atoms with van der Waals surface area (Å²) in [6, 6.07) is 10.8. The minimum absolute atomic E-state index is 0.0110. The van der Waals surface area contributed by atoms with E-state index < -0.39 is 26.7 Å². The third-order valence-corrected chi connectivity index (χ3v) is 7.69. The molecule has 0 radical (unpaired) electrons. The van der Waals surface area contributed by atoms with Crippen LogP contribution in [0.3, 0.4) is 0 Å². The number of ether oxygens (including phenoxy) is 1. The van der Waals surface area contributed by atoms with Gasteiger partial charge in [0.25, 0.3) is 0 Å². The fourth-order valence-corrected chi connectivity index (χ4v) is 5.75. The second-order valence-corrected chi connectivity index (χ2v) is 9.78. The lowest BCUT2D eigenvalue weighted by atomic mass is 10.2. The Morgan fingerprint density at radius 1 is 1.14 bits per heavy atom. The summed E-state index contributed by atoms with van der Waals surface area (Å²) in [5.74, 6) is -1.60. The van der Waals surface area contributed by atoms with Crippen LogP contribution in [-0.2, 0) is 21.4 Å². The normalized spacial score (nSPS) is 15.5. The fraction of sp³-hybridized carbons (Fsp3) is 0.300. The predicted octanol–water partition coefficient (Wildman–Crippen LogP) is 3.97. The number of fused-ring (bicyclic) bond motifs is 1. The number of sulfonamides is 1. The number of carbonyl (C=O) groups is 1. The van der Waals surface area contributed by atoms with E-state index in [1.165, 1.54) is 21.7 Å². The van der Waals surface area contributed by atoms with Gasteiger partial charge in [0.2, 0.25) is 10.0 Å². The van der Waals surface area contributed by atoms with Crippen molar-refractivity contribution in [2.75, 3.05) is 13.1 Å². The average Bonchev–Trinajstić information content (AvgIpc) is 3.16. The Labute approximate surface area is 172 Å². The van der Waals surface area contributed by atoms with Gasteiger partial charge in [-0.3, -0.25) is 0 Å². The van der Waals surface area contributed by atoms with E-state index in [2.05, 4.69) is 4.98 Å². The van der Waals surface area contributed by atoms with Crippen LogP contribution in [0.15, 0.2) is 47.4 Å². The first kappa shape index (κ1) is 19.9. The van der Waals surface area contributed by atoms with Crippen LogP contribution in [0, 0.1) is 5.82 Å². The van der Waals surface area contributed by atoms with Gasteiger partial charge in [-0.05, 0) is 43.2 Å². The molecule has 1 aliphatic rings. The lowest BCUT2D eigenvalue weighted by Gasteiger charge is -2.26. The van der Waals surface area contributed by atoms with E-state index in [0.717, 1.165) is 41.6 Å². The first-order chi connectivity index (χ1) is 13.9. The summed E-state index contributed by atoms with van der Waals surface area (Å²) in [7, 11) is -3.99. The number of hydrogen-bond donors (Lipinski definition) is 0. The van der Waals surface area contributed by atoms with Crippen LogP contribution in [0.2, 0.25) is 0 Å². The molecule has 0 atom stereocenters. The molecule has 2 aromatic carbocycles. The van der Waals surface area contributed by atoms with Crippen LogP contribution in [0.25, 0.3) is 10.2 Å². The zero-order valence-electron chi connectivity index (χ0n) is 15.5. The minimum atomic E-state index is -3.99. The fourth-order valence-electron chi connectivity index (χ4n) is 3.26. The zero-order valence-corrected chi connectivity index (χ0v) is 17.1. The molecule has 1 aliphatic heterocycles. The molecular weight excluding hydrogens is 415 g/mol. The molecule has 9 heteroatoms. The Bertz CT molecular complexity index is 1120. The van der Waals surface area contributed by atoms with Crippen molar-refractivity contribution >= 4 is 37.5 Å². The molecule has 0 amide bonds. The summed E-state index contributed by atoms with van der Waals surface area (Å²) >= 11 is 1.41. The largest absolute Gasteiger partial charge is 0.455 e. The third-order valence-electron chi connectivity index (χ3n) is 4.76. The highest BCUT2D eigenvalue weighted by Crippen LogP contribution is 2.25. The second kappa shape index (κ2) is 8.17. The van der Waals surface area contributed by atoms with Crippen molar-refractivity contribution in [2.24, 2.45) is 0 Å². The number of carbonyl (C=O) groups excluding carboxylic acids is 1. The van der Waals surface area contributed by atoms with Crippen LogP contribution in [-0.4, -0.2) is 36.8 Å². The maximum atomic E-state index is 14.3. The molecule has 0 bridgehead atoms. The third kappa shape index (κ3) is 4.17. The Hall–Kier alpha value is -2.36. The van der Waals surface area contributed by atoms with Crippen molar-refractivity contribution in [1.82, 2.24) is 9.29 Å². The van der Waals surface area contributed by atoms with Crippen LogP contribution in [0.1, 0.15) is 34.6 Å². The van der Waals surface area contributed by atoms with Crippen molar-refractivity contribution in [2.45, 2.75) is 30.8 Å². The van der Waals surface area contributed by atoms with Gasteiger partial charge in [-0.2, -0.15) is 4.31 Å². The number of nitrogens with zero attached hydrogens (tertiary/aromatic N) is 2. The van der Waals surface area contributed by atoms with Gasteiger partial charge in [0, 0.05) is 13.1 Å². The van der Waals surface area contributed by atoms with E-state index in [0.29, 0.717) is 18.1 Å². The highest BCUT2D eigenvalue weighted by atomic mass is 32.2. The van der Waals surface area contributed by atoms with E-state index in [1.54, 1.807) is 0 Å². The molecule has 0 N–H and O–H groups in total. The molecule has 0 saturated carbocycles. The van der Waals surface area contributed by atoms with Gasteiger partial charge in [-0.25, -0.2) is 22.6 Å². The Morgan fingerprint density at radius 3 is 2.66 bits per heavy atom. The van der Waals surface area contributed by atoms with Crippen molar-refractivity contribution < 1.29 is 22.3 Å². The van der Waals surface area contributed by atoms with E-state index in [9.17, 15) is 17.6 Å². The number of esters is 1. The number of aromatic nitrogens is 1. The molecule has 2 heterocycles. The molecule has 0 unspecified atom stereocenters. The van der Waals surface area contributed by atoms with E-state index in [-0.39, 0.29) is 12.2 Å². The van der Waals surface area contributed by atoms with Crippen molar-refractivity contribution in [1.29, 1.82) is 0 Å². The molecule has 6 nitrogen and oxygen atoms in total. The van der Waals surface area contributed by atoms with Crippen LogP contribution >= 0.6 is 11.3 Å². The first-order valence-electron chi connectivity index (χ1n) is 9.26. The predicted molar refractivity (Wildman–Crippen MR) is 108 cm³/mol. The Kier molecular flexibility index (Phi) is 5.62. The topological polar surface area (TPSA) is 76.6 Å². The second-order valence-electron chi connectivity index (χ2n) is 6.76. The van der Waals surface area contributed by atoms with Gasteiger partial charge in [-0.15, -0.1) is 11.3 Å². The summed E-state index contributed by atoms with van der Waals surface area (Å²) in [6.45, 7) is 0.672. The Balaban J connectivity index is 1.52.